The van der Waals surface area contributed by atoms with Crippen LogP contribution in [-0.2, 0) is 4.74 Å². The molecular weight excluding hydrogens is 334 g/mol. The molecule has 3 aromatic rings. The maximum atomic E-state index is 12.8. The van der Waals surface area contributed by atoms with Gasteiger partial charge in [0, 0.05) is 19.0 Å². The summed E-state index contributed by atoms with van der Waals surface area (Å²) in [5, 5.41) is 11.0. The van der Waals surface area contributed by atoms with Gasteiger partial charge in [0.25, 0.3) is 5.91 Å². The maximum absolute atomic E-state index is 12.8. The molecule has 134 valence electrons. The van der Waals surface area contributed by atoms with E-state index < -0.39 is 0 Å². The number of H-pyrrole nitrogens is 1. The van der Waals surface area contributed by atoms with Gasteiger partial charge in [-0.15, -0.1) is 0 Å². The quantitative estimate of drug-likeness (QED) is 0.776. The lowest BCUT2D eigenvalue weighted by Gasteiger charge is -2.31. The van der Waals surface area contributed by atoms with Gasteiger partial charge in [0.05, 0.1) is 18.8 Å². The molecule has 0 saturated carbocycles. The molecule has 26 heavy (non-hydrogen) atoms. The van der Waals surface area contributed by atoms with E-state index in [1.807, 2.05) is 31.2 Å². The molecule has 4 rings (SSSR count). The van der Waals surface area contributed by atoms with Crippen LogP contribution < -0.4 is 0 Å². The largest absolute Gasteiger partial charge is 0.366 e. The zero-order valence-corrected chi connectivity index (χ0v) is 14.6. The third kappa shape index (κ3) is 3.23. The third-order valence-corrected chi connectivity index (χ3v) is 4.34. The molecule has 2 aromatic heterocycles. The standard InChI is InChI=1S/C18H19N5O3/c1-11-3-5-13(6-4-11)14-9-15(21-20-14)18(24)23-7-8-25-16(10-23)17-19-12(2)26-22-17/h3-6,9,16H,7-8,10H2,1-2H3,(H,20,21)/t16-/m0/s1. The molecule has 8 heteroatoms. The minimum atomic E-state index is -0.385. The van der Waals surface area contributed by atoms with Crippen molar-refractivity contribution in [3.8, 4) is 11.3 Å². The SMILES string of the molecule is Cc1ccc(-c2cc(C(=O)N3CCO[C@H](c4noc(C)n4)C3)[nH]n2)cc1. The number of carbonyl (C=O) groups excluding carboxylic acids is 1. The zero-order valence-electron chi connectivity index (χ0n) is 14.6. The molecule has 1 fully saturated rings. The second-order valence-electron chi connectivity index (χ2n) is 6.32. The van der Waals surface area contributed by atoms with Crippen LogP contribution >= 0.6 is 0 Å². The minimum absolute atomic E-state index is 0.121. The first kappa shape index (κ1) is 16.5. The molecule has 0 bridgehead atoms. The van der Waals surface area contributed by atoms with Crippen LogP contribution in [0.3, 0.4) is 0 Å². The van der Waals surface area contributed by atoms with Crippen molar-refractivity contribution < 1.29 is 14.1 Å². The van der Waals surface area contributed by atoms with E-state index in [1.54, 1.807) is 17.9 Å². The summed E-state index contributed by atoms with van der Waals surface area (Å²) in [5.74, 6) is 0.817. The van der Waals surface area contributed by atoms with E-state index in [-0.39, 0.29) is 12.0 Å². The number of nitrogens with zero attached hydrogens (tertiary/aromatic N) is 4. The van der Waals surface area contributed by atoms with Crippen LogP contribution in [0.4, 0.5) is 0 Å². The molecule has 3 heterocycles. The Balaban J connectivity index is 1.49. The summed E-state index contributed by atoms with van der Waals surface area (Å²) in [5.41, 5.74) is 3.34. The Hall–Kier alpha value is -3.00. The highest BCUT2D eigenvalue weighted by Crippen LogP contribution is 2.23. The second kappa shape index (κ2) is 6.72. The van der Waals surface area contributed by atoms with Crippen molar-refractivity contribution in [1.82, 2.24) is 25.2 Å². The van der Waals surface area contributed by atoms with Crippen LogP contribution in [0.5, 0.6) is 0 Å². The van der Waals surface area contributed by atoms with Crippen LogP contribution in [0, 0.1) is 13.8 Å². The van der Waals surface area contributed by atoms with Crippen molar-refractivity contribution in [3.05, 3.63) is 53.3 Å². The summed E-state index contributed by atoms with van der Waals surface area (Å²) < 4.78 is 10.7. The Morgan fingerprint density at radius 2 is 2.08 bits per heavy atom. The minimum Gasteiger partial charge on any atom is -0.366 e. The van der Waals surface area contributed by atoms with Crippen molar-refractivity contribution in [2.45, 2.75) is 20.0 Å². The van der Waals surface area contributed by atoms with Crippen LogP contribution in [-0.4, -0.2) is 50.8 Å². The van der Waals surface area contributed by atoms with Crippen molar-refractivity contribution >= 4 is 5.91 Å². The number of carbonyl (C=O) groups is 1. The van der Waals surface area contributed by atoms with E-state index in [0.29, 0.717) is 37.1 Å². The van der Waals surface area contributed by atoms with E-state index >= 15 is 0 Å². The topological polar surface area (TPSA) is 97.1 Å². The molecule has 1 aliphatic rings. The fraction of sp³-hybridized carbons (Fsp3) is 0.333. The van der Waals surface area contributed by atoms with Gasteiger partial charge < -0.3 is 14.2 Å². The number of rotatable bonds is 3. The number of aromatic amines is 1. The number of morpholine rings is 1. The average Bonchev–Trinajstić information content (AvgIpc) is 3.31. The lowest BCUT2D eigenvalue weighted by atomic mass is 10.1. The van der Waals surface area contributed by atoms with Crippen molar-refractivity contribution in [2.24, 2.45) is 0 Å². The number of aromatic nitrogens is 4. The van der Waals surface area contributed by atoms with Crippen LogP contribution in [0.1, 0.15) is 33.9 Å². The highest BCUT2D eigenvalue weighted by atomic mass is 16.5. The lowest BCUT2D eigenvalue weighted by molar-refractivity contribution is -0.0278. The molecule has 1 amide bonds. The van der Waals surface area contributed by atoms with Crippen LogP contribution in [0.15, 0.2) is 34.9 Å². The van der Waals surface area contributed by atoms with Gasteiger partial charge in [-0.1, -0.05) is 35.0 Å². The summed E-state index contributed by atoms with van der Waals surface area (Å²) >= 11 is 0. The monoisotopic (exact) mass is 353 g/mol. The fourth-order valence-corrected chi connectivity index (χ4v) is 2.91. The third-order valence-electron chi connectivity index (χ3n) is 4.34. The van der Waals surface area contributed by atoms with Crippen molar-refractivity contribution in [3.63, 3.8) is 0 Å². The number of benzene rings is 1. The molecule has 0 unspecified atom stereocenters. The Labute approximate surface area is 150 Å². The molecule has 1 aromatic carbocycles. The first-order valence-corrected chi connectivity index (χ1v) is 8.43. The number of aryl methyl sites for hydroxylation is 2. The summed E-state index contributed by atoms with van der Waals surface area (Å²) in [6.45, 7) is 5.05. The van der Waals surface area contributed by atoms with Gasteiger partial charge in [0.1, 0.15) is 11.8 Å². The number of hydrogen-bond donors (Lipinski definition) is 1. The van der Waals surface area contributed by atoms with E-state index in [1.165, 1.54) is 5.56 Å². The molecule has 0 aliphatic carbocycles. The smallest absolute Gasteiger partial charge is 0.272 e. The van der Waals surface area contributed by atoms with Gasteiger partial charge in [0.2, 0.25) is 11.7 Å². The molecule has 1 atom stereocenters. The molecule has 0 radical (unpaired) electrons. The molecular formula is C18H19N5O3. The first-order chi connectivity index (χ1) is 12.6. The van der Waals surface area contributed by atoms with Gasteiger partial charge in [-0.3, -0.25) is 9.89 Å². The summed E-state index contributed by atoms with van der Waals surface area (Å²) in [7, 11) is 0. The number of nitrogens with one attached hydrogen (secondary N) is 1. The highest BCUT2D eigenvalue weighted by molar-refractivity contribution is 5.93. The Morgan fingerprint density at radius 3 is 2.81 bits per heavy atom. The van der Waals surface area contributed by atoms with E-state index in [4.69, 9.17) is 9.26 Å². The molecule has 0 spiro atoms. The predicted octanol–water partition coefficient (Wildman–Crippen LogP) is 2.29. The molecule has 1 saturated heterocycles. The highest BCUT2D eigenvalue weighted by Gasteiger charge is 2.29. The normalized spacial score (nSPS) is 17.5. The zero-order chi connectivity index (χ0) is 18.1. The number of amides is 1. The predicted molar refractivity (Wildman–Crippen MR) is 92.4 cm³/mol. The van der Waals surface area contributed by atoms with E-state index in [2.05, 4.69) is 20.3 Å². The number of hydrogen-bond acceptors (Lipinski definition) is 6. The van der Waals surface area contributed by atoms with Crippen molar-refractivity contribution in [2.75, 3.05) is 19.7 Å². The average molecular weight is 353 g/mol. The van der Waals surface area contributed by atoms with Gasteiger partial charge in [-0.05, 0) is 13.0 Å². The van der Waals surface area contributed by atoms with E-state index in [9.17, 15) is 4.79 Å². The molecule has 1 N–H and O–H groups in total. The van der Waals surface area contributed by atoms with Crippen LogP contribution in [0.25, 0.3) is 11.3 Å². The van der Waals surface area contributed by atoms with Crippen LogP contribution in [0.2, 0.25) is 0 Å². The fourth-order valence-electron chi connectivity index (χ4n) is 2.91. The Bertz CT molecular complexity index is 915. The summed E-state index contributed by atoms with van der Waals surface area (Å²) in [4.78, 5) is 18.7. The van der Waals surface area contributed by atoms with Crippen molar-refractivity contribution in [1.29, 1.82) is 0 Å². The van der Waals surface area contributed by atoms with Gasteiger partial charge in [0.15, 0.2) is 0 Å². The summed E-state index contributed by atoms with van der Waals surface area (Å²) in [6.07, 6.45) is -0.385. The van der Waals surface area contributed by atoms with E-state index in [0.717, 1.165) is 11.3 Å². The molecule has 1 aliphatic heterocycles. The van der Waals surface area contributed by atoms with Gasteiger partial charge in [-0.2, -0.15) is 10.1 Å². The first-order valence-electron chi connectivity index (χ1n) is 8.43. The maximum Gasteiger partial charge on any atom is 0.272 e. The lowest BCUT2D eigenvalue weighted by Crippen LogP contribution is -2.42. The number of ether oxygens (including phenoxy) is 1. The summed E-state index contributed by atoms with van der Waals surface area (Å²) in [6, 6.07) is 9.79. The molecule has 8 nitrogen and oxygen atoms in total. The second-order valence-corrected chi connectivity index (χ2v) is 6.32. The Morgan fingerprint density at radius 1 is 1.27 bits per heavy atom. The van der Waals surface area contributed by atoms with Gasteiger partial charge in [-0.25, -0.2) is 0 Å². The Kier molecular flexibility index (Phi) is 4.26. The van der Waals surface area contributed by atoms with Gasteiger partial charge >= 0.3 is 0 Å².